The topological polar surface area (TPSA) is 69.6 Å². The first-order chi connectivity index (χ1) is 8.81. The molecule has 0 aliphatic rings. The number of urea groups is 1. The molecule has 0 bridgehead atoms. The van der Waals surface area contributed by atoms with E-state index in [-0.39, 0.29) is 11.9 Å². The third kappa shape index (κ3) is 4.83. The van der Waals surface area contributed by atoms with Gasteiger partial charge in [-0.05, 0) is 27.9 Å². The van der Waals surface area contributed by atoms with Crippen molar-refractivity contribution in [2.24, 2.45) is 5.92 Å². The molecule has 0 saturated heterocycles. The Kier molecular flexibility index (Phi) is 5.81. The fourth-order valence-electron chi connectivity index (χ4n) is 1.50. The second kappa shape index (κ2) is 6.91. The fraction of sp³-hybridized carbons (Fsp3) is 0.500. The lowest BCUT2D eigenvalue weighted by molar-refractivity contribution is -0.140. The minimum absolute atomic E-state index is 0.161. The number of hydrogen-bond donors (Lipinski definition) is 2. The highest BCUT2D eigenvalue weighted by molar-refractivity contribution is 9.10. The van der Waals surface area contributed by atoms with Crippen molar-refractivity contribution in [3.05, 3.63) is 20.8 Å². The molecular formula is C12H17BrN2O3S. The third-order valence-corrected chi connectivity index (χ3v) is 4.26. The van der Waals surface area contributed by atoms with Gasteiger partial charge >= 0.3 is 12.0 Å². The maximum atomic E-state index is 11.9. The largest absolute Gasteiger partial charge is 0.480 e. The SMILES string of the molecule is CC(C)[C@H](NC(=O)N(C)Cc1cc(Br)cs1)C(=O)O. The standard InChI is InChI=1S/C12H17BrN2O3S/c1-7(2)10(11(16)17)14-12(18)15(3)5-9-4-8(13)6-19-9/h4,6-7,10H,5H2,1-3H3,(H,14,18)(H,16,17)/t10-/m0/s1. The van der Waals surface area contributed by atoms with Crippen molar-refractivity contribution in [3.8, 4) is 0 Å². The summed E-state index contributed by atoms with van der Waals surface area (Å²) >= 11 is 4.89. The molecule has 0 aliphatic carbocycles. The van der Waals surface area contributed by atoms with Gasteiger partial charge in [0.2, 0.25) is 0 Å². The Morgan fingerprint density at radius 1 is 1.53 bits per heavy atom. The predicted octanol–water partition coefficient (Wildman–Crippen LogP) is 2.76. The molecule has 0 unspecified atom stereocenters. The van der Waals surface area contributed by atoms with Gasteiger partial charge in [0, 0.05) is 21.8 Å². The van der Waals surface area contributed by atoms with Crippen LogP contribution in [0.3, 0.4) is 0 Å². The van der Waals surface area contributed by atoms with Crippen molar-refractivity contribution in [1.82, 2.24) is 10.2 Å². The van der Waals surface area contributed by atoms with Crippen LogP contribution >= 0.6 is 27.3 Å². The number of carboxylic acid groups (broad SMARTS) is 1. The number of aliphatic carboxylic acids is 1. The van der Waals surface area contributed by atoms with Gasteiger partial charge in [-0.1, -0.05) is 13.8 Å². The van der Waals surface area contributed by atoms with Gasteiger partial charge in [0.15, 0.2) is 0 Å². The molecule has 0 radical (unpaired) electrons. The van der Waals surface area contributed by atoms with Crippen molar-refractivity contribution in [2.75, 3.05) is 7.05 Å². The van der Waals surface area contributed by atoms with Crippen molar-refractivity contribution < 1.29 is 14.7 Å². The molecule has 5 nitrogen and oxygen atoms in total. The number of nitrogens with zero attached hydrogens (tertiary/aromatic N) is 1. The maximum Gasteiger partial charge on any atom is 0.326 e. The molecule has 0 saturated carbocycles. The summed E-state index contributed by atoms with van der Waals surface area (Å²) in [6.07, 6.45) is 0. The Morgan fingerprint density at radius 3 is 2.58 bits per heavy atom. The van der Waals surface area contributed by atoms with Crippen molar-refractivity contribution in [1.29, 1.82) is 0 Å². The lowest BCUT2D eigenvalue weighted by atomic mass is 10.1. The lowest BCUT2D eigenvalue weighted by Crippen LogP contribution is -2.48. The second-order valence-corrected chi connectivity index (χ2v) is 6.51. The van der Waals surface area contributed by atoms with Crippen LogP contribution in [0.1, 0.15) is 18.7 Å². The molecule has 0 aliphatic heterocycles. The summed E-state index contributed by atoms with van der Waals surface area (Å²) in [5.41, 5.74) is 0. The van der Waals surface area contributed by atoms with Crippen LogP contribution in [0.4, 0.5) is 4.79 Å². The molecule has 19 heavy (non-hydrogen) atoms. The first-order valence-electron chi connectivity index (χ1n) is 5.78. The fourth-order valence-corrected chi connectivity index (χ4v) is 3.00. The Bertz CT molecular complexity index is 462. The molecule has 2 amide bonds. The van der Waals surface area contributed by atoms with E-state index >= 15 is 0 Å². The monoisotopic (exact) mass is 348 g/mol. The zero-order valence-electron chi connectivity index (χ0n) is 11.0. The Morgan fingerprint density at radius 2 is 2.16 bits per heavy atom. The van der Waals surface area contributed by atoms with E-state index in [9.17, 15) is 9.59 Å². The zero-order chi connectivity index (χ0) is 14.6. The number of rotatable bonds is 5. The zero-order valence-corrected chi connectivity index (χ0v) is 13.4. The summed E-state index contributed by atoms with van der Waals surface area (Å²) in [7, 11) is 1.64. The molecule has 1 atom stereocenters. The van der Waals surface area contributed by atoms with Crippen LogP contribution in [-0.2, 0) is 11.3 Å². The molecule has 1 rings (SSSR count). The average Bonchev–Trinajstić information content (AvgIpc) is 2.70. The second-order valence-electron chi connectivity index (χ2n) is 4.60. The van der Waals surface area contributed by atoms with E-state index in [1.165, 1.54) is 4.90 Å². The minimum Gasteiger partial charge on any atom is -0.480 e. The van der Waals surface area contributed by atoms with Gasteiger partial charge in [0.25, 0.3) is 0 Å². The average molecular weight is 349 g/mol. The molecule has 1 heterocycles. The van der Waals surface area contributed by atoms with Gasteiger partial charge in [-0.3, -0.25) is 0 Å². The number of hydrogen-bond acceptors (Lipinski definition) is 3. The van der Waals surface area contributed by atoms with E-state index in [2.05, 4.69) is 21.2 Å². The number of carbonyl (C=O) groups is 2. The Hall–Kier alpha value is -1.08. The summed E-state index contributed by atoms with van der Waals surface area (Å²) in [6, 6.07) is 0.682. The van der Waals surface area contributed by atoms with Gasteiger partial charge in [0.05, 0.1) is 6.54 Å². The van der Waals surface area contributed by atoms with E-state index in [0.717, 1.165) is 9.35 Å². The van der Waals surface area contributed by atoms with Crippen LogP contribution < -0.4 is 5.32 Å². The summed E-state index contributed by atoms with van der Waals surface area (Å²) in [5, 5.41) is 13.5. The molecule has 0 aromatic carbocycles. The van der Waals surface area contributed by atoms with Gasteiger partial charge < -0.3 is 15.3 Å². The van der Waals surface area contributed by atoms with Gasteiger partial charge in [-0.15, -0.1) is 11.3 Å². The summed E-state index contributed by atoms with van der Waals surface area (Å²) in [5.74, 6) is -1.18. The number of halogens is 1. The molecular weight excluding hydrogens is 332 g/mol. The van der Waals surface area contributed by atoms with Crippen molar-refractivity contribution >= 4 is 39.3 Å². The van der Waals surface area contributed by atoms with Gasteiger partial charge in [-0.2, -0.15) is 0 Å². The Labute approximate surface area is 124 Å². The first-order valence-corrected chi connectivity index (χ1v) is 7.46. The van der Waals surface area contributed by atoms with Crippen LogP contribution in [0.15, 0.2) is 15.9 Å². The van der Waals surface area contributed by atoms with Crippen LogP contribution in [0.5, 0.6) is 0 Å². The molecule has 1 aromatic heterocycles. The van der Waals surface area contributed by atoms with E-state index in [0.29, 0.717) is 6.54 Å². The molecule has 1 aromatic rings. The normalized spacial score (nSPS) is 12.3. The summed E-state index contributed by atoms with van der Waals surface area (Å²) < 4.78 is 0.979. The summed E-state index contributed by atoms with van der Waals surface area (Å²) in [6.45, 7) is 3.97. The van der Waals surface area contributed by atoms with E-state index in [1.807, 2.05) is 11.4 Å². The molecule has 0 spiro atoms. The van der Waals surface area contributed by atoms with Crippen LogP contribution in [0.25, 0.3) is 0 Å². The van der Waals surface area contributed by atoms with Crippen molar-refractivity contribution in [3.63, 3.8) is 0 Å². The molecule has 7 heteroatoms. The molecule has 2 N–H and O–H groups in total. The van der Waals surface area contributed by atoms with Crippen LogP contribution in [-0.4, -0.2) is 35.1 Å². The third-order valence-electron chi connectivity index (χ3n) is 2.57. The first kappa shape index (κ1) is 16.0. The van der Waals surface area contributed by atoms with Crippen molar-refractivity contribution in [2.45, 2.75) is 26.4 Å². The highest BCUT2D eigenvalue weighted by Crippen LogP contribution is 2.20. The molecule has 0 fully saturated rings. The summed E-state index contributed by atoms with van der Waals surface area (Å²) in [4.78, 5) is 25.4. The number of thiophene rings is 1. The predicted molar refractivity (Wildman–Crippen MR) is 78.3 cm³/mol. The maximum absolute atomic E-state index is 11.9. The number of carbonyl (C=O) groups excluding carboxylic acids is 1. The minimum atomic E-state index is -1.02. The van der Waals surface area contributed by atoms with Gasteiger partial charge in [-0.25, -0.2) is 9.59 Å². The smallest absolute Gasteiger partial charge is 0.326 e. The van der Waals surface area contributed by atoms with E-state index in [4.69, 9.17) is 5.11 Å². The Balaban J connectivity index is 2.59. The lowest BCUT2D eigenvalue weighted by Gasteiger charge is -2.22. The van der Waals surface area contributed by atoms with E-state index < -0.39 is 12.0 Å². The van der Waals surface area contributed by atoms with E-state index in [1.54, 1.807) is 32.2 Å². The number of nitrogens with one attached hydrogen (secondary N) is 1. The number of carboxylic acids is 1. The van der Waals surface area contributed by atoms with Crippen LogP contribution in [0.2, 0.25) is 0 Å². The highest BCUT2D eigenvalue weighted by atomic mass is 79.9. The quantitative estimate of drug-likeness (QED) is 0.859. The van der Waals surface area contributed by atoms with Crippen LogP contribution in [0, 0.1) is 5.92 Å². The number of amides is 2. The highest BCUT2D eigenvalue weighted by Gasteiger charge is 2.24. The molecule has 106 valence electrons. The van der Waals surface area contributed by atoms with Gasteiger partial charge in [0.1, 0.15) is 6.04 Å².